The Morgan fingerprint density at radius 3 is 2.71 bits per heavy atom. The average Bonchev–Trinajstić information content (AvgIpc) is 2.46. The Morgan fingerprint density at radius 1 is 1.57 bits per heavy atom. The highest BCUT2D eigenvalue weighted by Gasteiger charge is 2.18. The maximum atomic E-state index is 11.3. The van der Waals surface area contributed by atoms with Crippen LogP contribution in [-0.2, 0) is 4.74 Å². The number of nitrogens with zero attached hydrogens (tertiary/aromatic N) is 1. The molecule has 1 aromatic heterocycles. The summed E-state index contributed by atoms with van der Waals surface area (Å²) in [6.45, 7) is 5.84. The summed E-state index contributed by atoms with van der Waals surface area (Å²) in [6.07, 6.45) is 0. The predicted octanol–water partition coefficient (Wildman–Crippen LogP) is 1.33. The molecule has 0 saturated carbocycles. The standard InChI is InChI=1S/C9H15N3O2/c1-5(2)10-7-6(3)11-12-8(7)9(13)14-4/h5,10H,1-4H3,(H,11,12). The molecule has 5 heteroatoms. The fourth-order valence-corrected chi connectivity index (χ4v) is 1.14. The van der Waals surface area contributed by atoms with Gasteiger partial charge in [-0.05, 0) is 20.8 Å². The summed E-state index contributed by atoms with van der Waals surface area (Å²) >= 11 is 0. The van der Waals surface area contributed by atoms with E-state index in [1.807, 2.05) is 20.8 Å². The minimum atomic E-state index is -0.433. The zero-order chi connectivity index (χ0) is 10.7. The Morgan fingerprint density at radius 2 is 2.21 bits per heavy atom. The van der Waals surface area contributed by atoms with Gasteiger partial charge in [-0.15, -0.1) is 0 Å². The zero-order valence-electron chi connectivity index (χ0n) is 8.84. The van der Waals surface area contributed by atoms with Crippen molar-refractivity contribution in [2.75, 3.05) is 12.4 Å². The molecule has 0 bridgehead atoms. The Balaban J connectivity index is 2.99. The van der Waals surface area contributed by atoms with Crippen molar-refractivity contribution in [3.63, 3.8) is 0 Å². The van der Waals surface area contributed by atoms with E-state index in [0.29, 0.717) is 11.4 Å². The molecule has 0 atom stereocenters. The molecule has 1 rings (SSSR count). The number of aromatic amines is 1. The van der Waals surface area contributed by atoms with Gasteiger partial charge in [0.2, 0.25) is 0 Å². The first kappa shape index (κ1) is 10.6. The number of aromatic nitrogens is 2. The number of carbonyl (C=O) groups excluding carboxylic acids is 1. The van der Waals surface area contributed by atoms with E-state index in [-0.39, 0.29) is 6.04 Å². The first-order chi connectivity index (χ1) is 6.56. The van der Waals surface area contributed by atoms with Crippen LogP contribution in [-0.4, -0.2) is 29.3 Å². The van der Waals surface area contributed by atoms with Crippen molar-refractivity contribution in [2.24, 2.45) is 0 Å². The van der Waals surface area contributed by atoms with Gasteiger partial charge in [0.05, 0.1) is 18.5 Å². The highest BCUT2D eigenvalue weighted by molar-refractivity contribution is 5.94. The second kappa shape index (κ2) is 4.13. The van der Waals surface area contributed by atoms with Gasteiger partial charge in [0.25, 0.3) is 0 Å². The Bertz CT molecular complexity index is 331. The van der Waals surface area contributed by atoms with Crippen molar-refractivity contribution in [1.82, 2.24) is 10.2 Å². The Kier molecular flexibility index (Phi) is 3.11. The van der Waals surface area contributed by atoms with Crippen LogP contribution >= 0.6 is 0 Å². The molecule has 0 aliphatic carbocycles. The number of hydrogen-bond donors (Lipinski definition) is 2. The van der Waals surface area contributed by atoms with Gasteiger partial charge in [-0.25, -0.2) is 4.79 Å². The van der Waals surface area contributed by atoms with Crippen LogP contribution in [0.2, 0.25) is 0 Å². The van der Waals surface area contributed by atoms with E-state index in [9.17, 15) is 4.79 Å². The van der Waals surface area contributed by atoms with E-state index >= 15 is 0 Å². The van der Waals surface area contributed by atoms with Gasteiger partial charge >= 0.3 is 5.97 Å². The molecule has 0 aromatic carbocycles. The van der Waals surface area contributed by atoms with Gasteiger partial charge < -0.3 is 10.1 Å². The lowest BCUT2D eigenvalue weighted by molar-refractivity contribution is 0.0595. The molecule has 0 unspecified atom stereocenters. The minimum absolute atomic E-state index is 0.245. The van der Waals surface area contributed by atoms with E-state index in [0.717, 1.165) is 5.69 Å². The first-order valence-electron chi connectivity index (χ1n) is 4.46. The van der Waals surface area contributed by atoms with Crippen molar-refractivity contribution >= 4 is 11.7 Å². The summed E-state index contributed by atoms with van der Waals surface area (Å²) in [5, 5.41) is 9.76. The molecule has 1 heterocycles. The second-order valence-electron chi connectivity index (χ2n) is 3.36. The fraction of sp³-hybridized carbons (Fsp3) is 0.556. The van der Waals surface area contributed by atoms with Gasteiger partial charge in [-0.1, -0.05) is 0 Å². The van der Waals surface area contributed by atoms with Crippen LogP contribution in [0.25, 0.3) is 0 Å². The number of hydrogen-bond acceptors (Lipinski definition) is 4. The van der Waals surface area contributed by atoms with Crippen molar-refractivity contribution in [2.45, 2.75) is 26.8 Å². The summed E-state index contributed by atoms with van der Waals surface area (Å²) in [4.78, 5) is 11.3. The maximum Gasteiger partial charge on any atom is 0.360 e. The number of aryl methyl sites for hydroxylation is 1. The topological polar surface area (TPSA) is 67.0 Å². The lowest BCUT2D eigenvalue weighted by Crippen LogP contribution is -2.14. The van der Waals surface area contributed by atoms with Crippen LogP contribution in [0.15, 0.2) is 0 Å². The van der Waals surface area contributed by atoms with Crippen LogP contribution in [0.3, 0.4) is 0 Å². The van der Waals surface area contributed by atoms with Crippen LogP contribution in [0, 0.1) is 6.92 Å². The molecule has 78 valence electrons. The lowest BCUT2D eigenvalue weighted by atomic mass is 10.2. The molecule has 1 aromatic rings. The summed E-state index contributed by atoms with van der Waals surface area (Å²) < 4.78 is 4.61. The van der Waals surface area contributed by atoms with E-state index in [4.69, 9.17) is 0 Å². The molecule has 0 fully saturated rings. The highest BCUT2D eigenvalue weighted by atomic mass is 16.5. The third-order valence-electron chi connectivity index (χ3n) is 1.76. The highest BCUT2D eigenvalue weighted by Crippen LogP contribution is 2.18. The maximum absolute atomic E-state index is 11.3. The zero-order valence-corrected chi connectivity index (χ0v) is 8.84. The van der Waals surface area contributed by atoms with E-state index in [1.165, 1.54) is 7.11 Å². The average molecular weight is 197 g/mol. The van der Waals surface area contributed by atoms with Gasteiger partial charge in [-0.3, -0.25) is 5.10 Å². The molecular weight excluding hydrogens is 182 g/mol. The van der Waals surface area contributed by atoms with E-state index < -0.39 is 5.97 Å². The van der Waals surface area contributed by atoms with E-state index in [2.05, 4.69) is 20.3 Å². The molecule has 0 aliphatic heterocycles. The molecule has 14 heavy (non-hydrogen) atoms. The molecule has 2 N–H and O–H groups in total. The quantitative estimate of drug-likeness (QED) is 0.717. The first-order valence-corrected chi connectivity index (χ1v) is 4.46. The molecule has 0 radical (unpaired) electrons. The van der Waals surface area contributed by atoms with Gasteiger partial charge in [0, 0.05) is 6.04 Å². The molecule has 0 spiro atoms. The van der Waals surface area contributed by atoms with Crippen LogP contribution in [0.4, 0.5) is 5.69 Å². The second-order valence-corrected chi connectivity index (χ2v) is 3.36. The summed E-state index contributed by atoms with van der Waals surface area (Å²) in [5.41, 5.74) is 1.85. The fourth-order valence-electron chi connectivity index (χ4n) is 1.14. The summed E-state index contributed by atoms with van der Waals surface area (Å²) in [7, 11) is 1.34. The van der Waals surface area contributed by atoms with Crippen LogP contribution in [0.1, 0.15) is 30.0 Å². The largest absolute Gasteiger partial charge is 0.464 e. The van der Waals surface area contributed by atoms with Crippen LogP contribution < -0.4 is 5.32 Å². The van der Waals surface area contributed by atoms with Gasteiger partial charge in [-0.2, -0.15) is 5.10 Å². The number of carbonyl (C=O) groups is 1. The number of H-pyrrole nitrogens is 1. The van der Waals surface area contributed by atoms with Crippen molar-refractivity contribution in [3.8, 4) is 0 Å². The minimum Gasteiger partial charge on any atom is -0.464 e. The smallest absolute Gasteiger partial charge is 0.360 e. The number of rotatable bonds is 3. The predicted molar refractivity (Wildman–Crippen MR) is 53.4 cm³/mol. The number of esters is 1. The van der Waals surface area contributed by atoms with Gasteiger partial charge in [0.15, 0.2) is 5.69 Å². The monoisotopic (exact) mass is 197 g/mol. The van der Waals surface area contributed by atoms with E-state index in [1.54, 1.807) is 0 Å². The number of methoxy groups -OCH3 is 1. The molecular formula is C9H15N3O2. The van der Waals surface area contributed by atoms with Crippen molar-refractivity contribution < 1.29 is 9.53 Å². The van der Waals surface area contributed by atoms with Gasteiger partial charge in [0.1, 0.15) is 0 Å². The number of ether oxygens (including phenoxy) is 1. The SMILES string of the molecule is COC(=O)c1n[nH]c(C)c1NC(C)C. The third kappa shape index (κ3) is 2.04. The number of anilines is 1. The summed E-state index contributed by atoms with van der Waals surface area (Å²) in [5.74, 6) is -0.433. The molecule has 0 amide bonds. The summed E-state index contributed by atoms with van der Waals surface area (Å²) in [6, 6.07) is 0.245. The lowest BCUT2D eigenvalue weighted by Gasteiger charge is -2.09. The molecule has 0 aliphatic rings. The normalized spacial score (nSPS) is 10.4. The Labute approximate surface area is 82.8 Å². The third-order valence-corrected chi connectivity index (χ3v) is 1.76. The van der Waals surface area contributed by atoms with Crippen molar-refractivity contribution in [1.29, 1.82) is 0 Å². The Hall–Kier alpha value is -1.52. The molecule has 0 saturated heterocycles. The van der Waals surface area contributed by atoms with Crippen LogP contribution in [0.5, 0.6) is 0 Å². The van der Waals surface area contributed by atoms with Crippen molar-refractivity contribution in [3.05, 3.63) is 11.4 Å². The number of nitrogens with one attached hydrogen (secondary N) is 2. The molecule has 5 nitrogen and oxygen atoms in total.